The molecule has 2 aromatic carbocycles. The molecule has 2 saturated heterocycles. The number of aryl methyl sites for hydroxylation is 1. The zero-order valence-corrected chi connectivity index (χ0v) is 17.5. The van der Waals surface area contributed by atoms with Crippen LogP contribution in [-0.4, -0.2) is 32.6 Å². The Morgan fingerprint density at radius 3 is 2.40 bits per heavy atom. The normalized spacial score (nSPS) is 20.7. The number of carbonyl (C=O) groups is 2. The second kappa shape index (κ2) is 5.92. The van der Waals surface area contributed by atoms with E-state index in [1.807, 2.05) is 6.07 Å². The van der Waals surface area contributed by atoms with Crippen LogP contribution in [0.25, 0.3) is 5.57 Å². The fourth-order valence-corrected chi connectivity index (χ4v) is 17.3. The molecule has 3 heterocycles. The Morgan fingerprint density at radius 1 is 0.880 bits per heavy atom. The summed E-state index contributed by atoms with van der Waals surface area (Å²) in [6.07, 6.45) is 2.01. The summed E-state index contributed by atoms with van der Waals surface area (Å²) >= 11 is -1.09. The number of rotatable bonds is 3. The number of amides is 2. The molecule has 3 aliphatic rings. The van der Waals surface area contributed by atoms with Crippen LogP contribution >= 0.6 is 11.8 Å². The summed E-state index contributed by atoms with van der Waals surface area (Å²) < 4.78 is 4.24. The topological polar surface area (TPSA) is 46.2 Å². The zero-order valence-electron chi connectivity index (χ0n) is 13.4. The van der Waals surface area contributed by atoms with E-state index in [0.717, 1.165) is 24.6 Å². The molecule has 25 heavy (non-hydrogen) atoms. The van der Waals surface area contributed by atoms with Gasteiger partial charge >= 0.3 is 158 Å². The summed E-state index contributed by atoms with van der Waals surface area (Å²) in [5.41, 5.74) is 4.16. The number of fused-ring (bicyclic) bond motifs is 3. The second-order valence-corrected chi connectivity index (χ2v) is 15.0. The molecule has 0 bridgehead atoms. The number of hydrogen-bond donors (Lipinski definition) is 1. The molecule has 0 atom stereocenters. The van der Waals surface area contributed by atoms with Gasteiger partial charge in [-0.05, 0) is 0 Å². The summed E-state index contributed by atoms with van der Waals surface area (Å²) in [6, 6.07) is 19.2. The van der Waals surface area contributed by atoms with Gasteiger partial charge in [0.25, 0.3) is 0 Å². The van der Waals surface area contributed by atoms with E-state index in [1.54, 1.807) is 0 Å². The van der Waals surface area contributed by atoms with Gasteiger partial charge in [0.15, 0.2) is 0 Å². The third-order valence-electron chi connectivity index (χ3n) is 5.07. The van der Waals surface area contributed by atoms with Crippen LogP contribution in [0.2, 0.25) is 0 Å². The average Bonchev–Trinajstić information content (AvgIpc) is 3.13. The predicted octanol–water partition coefficient (Wildman–Crippen LogP) is 3.12. The van der Waals surface area contributed by atoms with Gasteiger partial charge in [-0.1, -0.05) is 0 Å². The number of thioether (sulfide) groups is 1. The summed E-state index contributed by atoms with van der Waals surface area (Å²) in [6.45, 7) is 0. The molecule has 3 nitrogen and oxygen atoms in total. The molecule has 5 heteroatoms. The van der Waals surface area contributed by atoms with E-state index in [-0.39, 0.29) is 11.1 Å². The van der Waals surface area contributed by atoms with Gasteiger partial charge in [-0.2, -0.15) is 0 Å². The van der Waals surface area contributed by atoms with E-state index >= 15 is 0 Å². The van der Waals surface area contributed by atoms with Crippen molar-refractivity contribution < 1.29 is 9.59 Å². The molecule has 5 rings (SSSR count). The quantitative estimate of drug-likeness (QED) is 0.736. The Balaban J connectivity index is 1.54. The van der Waals surface area contributed by atoms with Crippen LogP contribution in [0, 0.1) is 0 Å². The van der Waals surface area contributed by atoms with Crippen molar-refractivity contribution in [2.45, 2.75) is 12.8 Å². The molecule has 0 radical (unpaired) electrons. The van der Waals surface area contributed by atoms with Crippen LogP contribution < -0.4 is 8.64 Å². The molecule has 0 saturated carbocycles. The molecule has 3 aliphatic heterocycles. The molecule has 2 amide bonds. The van der Waals surface area contributed by atoms with Crippen LogP contribution in [0.1, 0.15) is 17.5 Å². The van der Waals surface area contributed by atoms with Crippen LogP contribution in [0.15, 0.2) is 66.2 Å². The van der Waals surface area contributed by atoms with Crippen molar-refractivity contribution in [1.29, 1.82) is 0 Å². The van der Waals surface area contributed by atoms with Gasteiger partial charge in [0, 0.05) is 0 Å². The van der Waals surface area contributed by atoms with E-state index in [1.165, 1.54) is 26.7 Å². The van der Waals surface area contributed by atoms with E-state index in [0.29, 0.717) is 4.91 Å². The number of benzene rings is 2. The first-order chi connectivity index (χ1) is 12.2. The van der Waals surface area contributed by atoms with Gasteiger partial charge in [0.1, 0.15) is 0 Å². The number of nitrogens with one attached hydrogen (secondary N) is 1. The third kappa shape index (κ3) is 2.52. The van der Waals surface area contributed by atoms with Crippen molar-refractivity contribution in [3.05, 3.63) is 77.3 Å². The van der Waals surface area contributed by atoms with Crippen LogP contribution in [-0.2, 0) is 11.2 Å². The molecule has 0 aromatic heterocycles. The Morgan fingerprint density at radius 2 is 1.64 bits per heavy atom. The van der Waals surface area contributed by atoms with Gasteiger partial charge in [-0.3, -0.25) is 0 Å². The molecular formula is C20H14InNO2S. The minimum atomic E-state index is -2.18. The fraction of sp³-hybridized carbons (Fsp3) is 0.100. The maximum atomic E-state index is 12.1. The summed E-state index contributed by atoms with van der Waals surface area (Å²) in [7, 11) is 0. The molecule has 2 fully saturated rings. The Kier molecular flexibility index (Phi) is 3.68. The monoisotopic (exact) mass is 447 g/mol. The molecule has 120 valence electrons. The van der Waals surface area contributed by atoms with Crippen molar-refractivity contribution in [2.75, 3.05) is 0 Å². The molecule has 2 aromatic rings. The first-order valence-corrected chi connectivity index (χ1v) is 14.1. The molecular weight excluding hydrogens is 433 g/mol. The summed E-state index contributed by atoms with van der Waals surface area (Å²) in [4.78, 5) is 24.3. The number of imide groups is 1. The first-order valence-electron chi connectivity index (χ1n) is 8.38. The molecule has 0 unspecified atom stereocenters. The number of carbonyl (C=O) groups excluding carboxylic acids is 2. The number of allylic oxidation sites excluding steroid dienone is 3. The van der Waals surface area contributed by atoms with Crippen LogP contribution in [0.4, 0.5) is 4.79 Å². The van der Waals surface area contributed by atoms with Crippen molar-refractivity contribution in [2.24, 2.45) is 0 Å². The summed E-state index contributed by atoms with van der Waals surface area (Å²) in [5.74, 6) is -0.191. The van der Waals surface area contributed by atoms with Crippen molar-refractivity contribution in [3.63, 3.8) is 0 Å². The maximum absolute atomic E-state index is 12.1. The van der Waals surface area contributed by atoms with E-state index in [4.69, 9.17) is 0 Å². The molecule has 0 aliphatic carbocycles. The van der Waals surface area contributed by atoms with Gasteiger partial charge in [-0.25, -0.2) is 0 Å². The zero-order chi connectivity index (χ0) is 17.0. The number of hydrogen-bond acceptors (Lipinski definition) is 3. The van der Waals surface area contributed by atoms with Crippen molar-refractivity contribution in [3.8, 4) is 0 Å². The predicted molar refractivity (Wildman–Crippen MR) is 102 cm³/mol. The Bertz CT molecular complexity index is 994. The van der Waals surface area contributed by atoms with Crippen molar-refractivity contribution in [1.82, 2.24) is 5.32 Å². The second-order valence-electron chi connectivity index (χ2n) is 6.48. The standard InChI is InChI=1S/C20H14NO2S.In/c22-19-18(24-20(23)21-19)14-13-17(16-9-5-2-6-10-16)12-11-15-7-3-1-4-8-15;/h1-9H,11-12H2,(H,21,22,23);. The Labute approximate surface area is 157 Å². The molecule has 1 N–H and O–H groups in total. The summed E-state index contributed by atoms with van der Waals surface area (Å²) in [5, 5.41) is 2.18. The van der Waals surface area contributed by atoms with Crippen LogP contribution in [0.3, 0.4) is 0 Å². The van der Waals surface area contributed by atoms with Gasteiger partial charge in [0.05, 0.1) is 0 Å². The van der Waals surface area contributed by atoms with Gasteiger partial charge in [-0.15, -0.1) is 0 Å². The SMILES string of the molecule is O=C1NC(=O)/C(=[C]2/[C]3=C(CCc4ccccc4)c4cccc[c]4[In]32)S1. The van der Waals surface area contributed by atoms with E-state index in [2.05, 4.69) is 53.8 Å². The third-order valence-corrected chi connectivity index (χ3v) is 15.7. The van der Waals surface area contributed by atoms with Crippen molar-refractivity contribution >= 4 is 53.2 Å². The molecule has 0 spiro atoms. The van der Waals surface area contributed by atoms with Gasteiger partial charge in [0.2, 0.25) is 0 Å². The Hall–Kier alpha value is -1.72. The first kappa shape index (κ1) is 15.5. The van der Waals surface area contributed by atoms with E-state index in [9.17, 15) is 9.59 Å². The average molecular weight is 447 g/mol. The van der Waals surface area contributed by atoms with Crippen LogP contribution in [0.5, 0.6) is 0 Å². The van der Waals surface area contributed by atoms with Gasteiger partial charge < -0.3 is 0 Å². The van der Waals surface area contributed by atoms with E-state index < -0.39 is 21.4 Å². The fourth-order valence-electron chi connectivity index (χ4n) is 3.97. The minimum absolute atomic E-state index is 0.191.